The Balaban J connectivity index is 2.17. The van der Waals surface area contributed by atoms with Crippen LogP contribution in [0.4, 0.5) is 5.69 Å². The summed E-state index contributed by atoms with van der Waals surface area (Å²) in [6.45, 7) is 9.61. The second-order valence-corrected chi connectivity index (χ2v) is 6.39. The molecule has 1 atom stereocenters. The molecular formula is C18H30N2O. The number of aryl methyl sites for hydroxylation is 1. The zero-order valence-corrected chi connectivity index (χ0v) is 13.8. The lowest BCUT2D eigenvalue weighted by Crippen LogP contribution is -2.43. The molecule has 2 rings (SSSR count). The van der Waals surface area contributed by atoms with E-state index >= 15 is 0 Å². The number of fused-ring (bicyclic) bond motifs is 1. The van der Waals surface area contributed by atoms with Gasteiger partial charge in [0, 0.05) is 6.54 Å². The summed E-state index contributed by atoms with van der Waals surface area (Å²) in [5, 5.41) is 0. The average molecular weight is 290 g/mol. The zero-order chi connectivity index (χ0) is 15.2. The summed E-state index contributed by atoms with van der Waals surface area (Å²) in [5.74, 6) is 1.60. The number of benzene rings is 1. The van der Waals surface area contributed by atoms with Crippen LogP contribution < -0.4 is 15.4 Å². The molecule has 3 nitrogen and oxygen atoms in total. The molecule has 0 radical (unpaired) electrons. The molecule has 1 aromatic carbocycles. The van der Waals surface area contributed by atoms with Crippen LogP contribution in [0.25, 0.3) is 0 Å². The van der Waals surface area contributed by atoms with Gasteiger partial charge in [-0.15, -0.1) is 0 Å². The standard InChI is InChI=1S/C18H30N2O/c1-4-11-20-13-18(14(2)3)21-17-9-8-15(12-16(17)20)7-5-6-10-19/h8-9,12,14,18H,4-7,10-11,13,19H2,1-3H3. The maximum atomic E-state index is 6.19. The number of unbranched alkanes of at least 4 members (excludes halogenated alkanes) is 1. The van der Waals surface area contributed by atoms with Crippen molar-refractivity contribution in [3.05, 3.63) is 23.8 Å². The molecule has 0 aliphatic carbocycles. The van der Waals surface area contributed by atoms with Gasteiger partial charge in [0.15, 0.2) is 0 Å². The number of nitrogens with two attached hydrogens (primary N) is 1. The molecule has 1 unspecified atom stereocenters. The molecule has 0 spiro atoms. The molecule has 118 valence electrons. The topological polar surface area (TPSA) is 38.5 Å². The predicted molar refractivity (Wildman–Crippen MR) is 90.2 cm³/mol. The van der Waals surface area contributed by atoms with Crippen molar-refractivity contribution < 1.29 is 4.74 Å². The van der Waals surface area contributed by atoms with Crippen LogP contribution in [-0.4, -0.2) is 25.7 Å². The average Bonchev–Trinajstić information content (AvgIpc) is 2.47. The highest BCUT2D eigenvalue weighted by molar-refractivity contribution is 5.61. The SMILES string of the molecule is CCCN1CC(C(C)C)Oc2ccc(CCCCN)cc21. The van der Waals surface area contributed by atoms with Crippen molar-refractivity contribution >= 4 is 5.69 Å². The van der Waals surface area contributed by atoms with E-state index in [2.05, 4.69) is 43.9 Å². The fourth-order valence-corrected chi connectivity index (χ4v) is 2.88. The van der Waals surface area contributed by atoms with Crippen molar-refractivity contribution in [1.82, 2.24) is 0 Å². The number of nitrogens with zero attached hydrogens (tertiary/aromatic N) is 1. The van der Waals surface area contributed by atoms with Gasteiger partial charge in [-0.05, 0) is 55.8 Å². The van der Waals surface area contributed by atoms with Crippen LogP contribution in [0.2, 0.25) is 0 Å². The Morgan fingerprint density at radius 2 is 2.14 bits per heavy atom. The third-order valence-corrected chi connectivity index (χ3v) is 4.20. The Hall–Kier alpha value is -1.22. The van der Waals surface area contributed by atoms with Gasteiger partial charge in [-0.25, -0.2) is 0 Å². The summed E-state index contributed by atoms with van der Waals surface area (Å²) in [6.07, 6.45) is 4.84. The van der Waals surface area contributed by atoms with Crippen LogP contribution in [0.3, 0.4) is 0 Å². The molecule has 1 heterocycles. The molecular weight excluding hydrogens is 260 g/mol. The normalized spacial score (nSPS) is 17.8. The summed E-state index contributed by atoms with van der Waals surface area (Å²) in [6, 6.07) is 6.69. The molecule has 0 aromatic heterocycles. The first-order chi connectivity index (χ1) is 10.2. The van der Waals surface area contributed by atoms with E-state index < -0.39 is 0 Å². The van der Waals surface area contributed by atoms with E-state index in [1.807, 2.05) is 0 Å². The predicted octanol–water partition coefficient (Wildman–Crippen LogP) is 3.60. The number of hydrogen-bond donors (Lipinski definition) is 1. The third-order valence-electron chi connectivity index (χ3n) is 4.20. The second kappa shape index (κ2) is 7.69. The molecule has 0 saturated carbocycles. The molecule has 21 heavy (non-hydrogen) atoms. The maximum Gasteiger partial charge on any atom is 0.143 e. The van der Waals surface area contributed by atoms with Crippen molar-refractivity contribution in [2.45, 2.75) is 52.6 Å². The number of ether oxygens (including phenoxy) is 1. The van der Waals surface area contributed by atoms with Gasteiger partial charge < -0.3 is 15.4 Å². The smallest absolute Gasteiger partial charge is 0.143 e. The van der Waals surface area contributed by atoms with Gasteiger partial charge in [-0.1, -0.05) is 26.8 Å². The lowest BCUT2D eigenvalue weighted by Gasteiger charge is -2.38. The molecule has 1 aliphatic rings. The highest BCUT2D eigenvalue weighted by Crippen LogP contribution is 2.36. The van der Waals surface area contributed by atoms with Crippen LogP contribution in [0.1, 0.15) is 45.6 Å². The molecule has 3 heteroatoms. The minimum atomic E-state index is 0.298. The van der Waals surface area contributed by atoms with Gasteiger partial charge in [-0.3, -0.25) is 0 Å². The number of hydrogen-bond acceptors (Lipinski definition) is 3. The molecule has 1 aliphatic heterocycles. The summed E-state index contributed by atoms with van der Waals surface area (Å²) in [7, 11) is 0. The lowest BCUT2D eigenvalue weighted by molar-refractivity contribution is 0.145. The zero-order valence-electron chi connectivity index (χ0n) is 13.8. The third kappa shape index (κ3) is 4.13. The van der Waals surface area contributed by atoms with E-state index in [-0.39, 0.29) is 0 Å². The number of rotatable bonds is 7. The first kappa shape index (κ1) is 16.2. The van der Waals surface area contributed by atoms with Crippen LogP contribution in [0.15, 0.2) is 18.2 Å². The maximum absolute atomic E-state index is 6.19. The molecule has 2 N–H and O–H groups in total. The Kier molecular flexibility index (Phi) is 5.92. The highest BCUT2D eigenvalue weighted by atomic mass is 16.5. The van der Waals surface area contributed by atoms with Crippen molar-refractivity contribution in [3.63, 3.8) is 0 Å². The van der Waals surface area contributed by atoms with Crippen molar-refractivity contribution in [2.24, 2.45) is 11.7 Å². The Morgan fingerprint density at radius 1 is 1.33 bits per heavy atom. The van der Waals surface area contributed by atoms with Crippen LogP contribution >= 0.6 is 0 Å². The minimum Gasteiger partial charge on any atom is -0.486 e. The van der Waals surface area contributed by atoms with Crippen molar-refractivity contribution in [3.8, 4) is 5.75 Å². The first-order valence-electron chi connectivity index (χ1n) is 8.40. The van der Waals surface area contributed by atoms with Crippen LogP contribution in [0, 0.1) is 5.92 Å². The lowest BCUT2D eigenvalue weighted by atomic mass is 10.0. The summed E-state index contributed by atoms with van der Waals surface area (Å²) >= 11 is 0. The quantitative estimate of drug-likeness (QED) is 0.780. The molecule has 0 saturated heterocycles. The summed E-state index contributed by atoms with van der Waals surface area (Å²) < 4.78 is 6.19. The van der Waals surface area contributed by atoms with E-state index in [1.165, 1.54) is 24.1 Å². The van der Waals surface area contributed by atoms with Crippen LogP contribution in [-0.2, 0) is 6.42 Å². The monoisotopic (exact) mass is 290 g/mol. The van der Waals surface area contributed by atoms with Gasteiger partial charge in [0.2, 0.25) is 0 Å². The number of anilines is 1. The van der Waals surface area contributed by atoms with Crippen molar-refractivity contribution in [2.75, 3.05) is 24.5 Å². The first-order valence-corrected chi connectivity index (χ1v) is 8.40. The van der Waals surface area contributed by atoms with Gasteiger partial charge in [0.1, 0.15) is 11.9 Å². The van der Waals surface area contributed by atoms with E-state index in [4.69, 9.17) is 10.5 Å². The molecule has 0 amide bonds. The van der Waals surface area contributed by atoms with Gasteiger partial charge in [0.25, 0.3) is 0 Å². The van der Waals surface area contributed by atoms with Crippen LogP contribution in [0.5, 0.6) is 5.75 Å². The van der Waals surface area contributed by atoms with Crippen molar-refractivity contribution in [1.29, 1.82) is 0 Å². The largest absolute Gasteiger partial charge is 0.486 e. The Morgan fingerprint density at radius 3 is 2.81 bits per heavy atom. The molecule has 1 aromatic rings. The fraction of sp³-hybridized carbons (Fsp3) is 0.667. The van der Waals surface area contributed by atoms with E-state index in [0.717, 1.165) is 38.2 Å². The fourth-order valence-electron chi connectivity index (χ4n) is 2.88. The summed E-state index contributed by atoms with van der Waals surface area (Å²) in [5.41, 5.74) is 8.26. The Labute approximate surface area is 129 Å². The molecule has 0 fully saturated rings. The van der Waals surface area contributed by atoms with E-state index in [0.29, 0.717) is 12.0 Å². The second-order valence-electron chi connectivity index (χ2n) is 6.39. The Bertz CT molecular complexity index is 445. The van der Waals surface area contributed by atoms with Gasteiger partial charge in [-0.2, -0.15) is 0 Å². The molecule has 0 bridgehead atoms. The van der Waals surface area contributed by atoms with Gasteiger partial charge >= 0.3 is 0 Å². The minimum absolute atomic E-state index is 0.298. The van der Waals surface area contributed by atoms with E-state index in [9.17, 15) is 0 Å². The van der Waals surface area contributed by atoms with E-state index in [1.54, 1.807) is 0 Å². The van der Waals surface area contributed by atoms with Gasteiger partial charge in [0.05, 0.1) is 12.2 Å². The summed E-state index contributed by atoms with van der Waals surface area (Å²) in [4.78, 5) is 2.50. The highest BCUT2D eigenvalue weighted by Gasteiger charge is 2.27.